The molecule has 2 amide bonds. The third-order valence-corrected chi connectivity index (χ3v) is 5.39. The molecule has 0 fully saturated rings. The van der Waals surface area contributed by atoms with Crippen molar-refractivity contribution in [2.24, 2.45) is 0 Å². The summed E-state index contributed by atoms with van der Waals surface area (Å²) < 4.78 is 0. The standard InChI is InChI=1S/C23H36N2O2/c1-3-5-7-9-13-17-24-22(26)21-19-15-11-12-16-20(19)23(27)25(21)18-14-10-8-6-4-2/h11-12,15-16,21H,3-10,13-14,17-18H2,1-2H3,(H,24,26). The Labute approximate surface area is 164 Å². The smallest absolute Gasteiger partial charge is 0.255 e. The van der Waals surface area contributed by atoms with Crippen LogP contribution in [0.15, 0.2) is 24.3 Å². The van der Waals surface area contributed by atoms with E-state index in [0.29, 0.717) is 18.7 Å². The third-order valence-electron chi connectivity index (χ3n) is 5.39. The lowest BCUT2D eigenvalue weighted by atomic mass is 10.0. The Bertz CT molecular complexity index is 600. The van der Waals surface area contributed by atoms with Crippen molar-refractivity contribution >= 4 is 11.8 Å². The lowest BCUT2D eigenvalue weighted by Crippen LogP contribution is -2.40. The summed E-state index contributed by atoms with van der Waals surface area (Å²) in [5.74, 6) is -0.0264. The maximum Gasteiger partial charge on any atom is 0.255 e. The van der Waals surface area contributed by atoms with E-state index in [2.05, 4.69) is 19.2 Å². The zero-order valence-electron chi connectivity index (χ0n) is 17.1. The van der Waals surface area contributed by atoms with Crippen LogP contribution in [0.25, 0.3) is 0 Å². The summed E-state index contributed by atoms with van der Waals surface area (Å²) in [4.78, 5) is 27.5. The molecule has 1 aromatic carbocycles. The molecule has 1 heterocycles. The zero-order valence-corrected chi connectivity index (χ0v) is 17.1. The monoisotopic (exact) mass is 372 g/mol. The SMILES string of the molecule is CCCCCCCNC(=O)C1c2ccccc2C(=O)N1CCCCCCC. The fraction of sp³-hybridized carbons (Fsp3) is 0.652. The number of nitrogens with one attached hydrogen (secondary N) is 1. The molecule has 1 aromatic rings. The summed E-state index contributed by atoms with van der Waals surface area (Å²) in [6, 6.07) is 7.11. The van der Waals surface area contributed by atoms with Crippen molar-refractivity contribution in [1.82, 2.24) is 10.2 Å². The van der Waals surface area contributed by atoms with Gasteiger partial charge in [0.1, 0.15) is 6.04 Å². The van der Waals surface area contributed by atoms with Crippen molar-refractivity contribution in [2.75, 3.05) is 13.1 Å². The highest BCUT2D eigenvalue weighted by Gasteiger charge is 2.40. The van der Waals surface area contributed by atoms with Crippen LogP contribution in [-0.4, -0.2) is 29.8 Å². The van der Waals surface area contributed by atoms with Crippen LogP contribution in [0.3, 0.4) is 0 Å². The number of benzene rings is 1. The first-order chi connectivity index (χ1) is 13.2. The molecule has 27 heavy (non-hydrogen) atoms. The van der Waals surface area contributed by atoms with E-state index in [9.17, 15) is 9.59 Å². The van der Waals surface area contributed by atoms with Gasteiger partial charge in [-0.15, -0.1) is 0 Å². The van der Waals surface area contributed by atoms with E-state index in [1.54, 1.807) is 4.90 Å². The summed E-state index contributed by atoms with van der Waals surface area (Å²) in [5.41, 5.74) is 1.55. The largest absolute Gasteiger partial charge is 0.354 e. The molecule has 0 aromatic heterocycles. The van der Waals surface area contributed by atoms with Crippen molar-refractivity contribution in [1.29, 1.82) is 0 Å². The molecule has 2 rings (SSSR count). The number of rotatable bonds is 13. The normalized spacial score (nSPS) is 15.9. The molecule has 0 saturated carbocycles. The lowest BCUT2D eigenvalue weighted by Gasteiger charge is -2.24. The molecule has 0 bridgehead atoms. The topological polar surface area (TPSA) is 49.4 Å². The van der Waals surface area contributed by atoms with Crippen LogP contribution >= 0.6 is 0 Å². The molecule has 150 valence electrons. The average Bonchev–Trinajstić information content (AvgIpc) is 2.96. The van der Waals surface area contributed by atoms with Gasteiger partial charge in [0, 0.05) is 18.7 Å². The predicted octanol–water partition coefficient (Wildman–Crippen LogP) is 5.24. The van der Waals surface area contributed by atoms with Crippen molar-refractivity contribution in [3.8, 4) is 0 Å². The van der Waals surface area contributed by atoms with Gasteiger partial charge >= 0.3 is 0 Å². The van der Waals surface area contributed by atoms with Gasteiger partial charge in [0.15, 0.2) is 0 Å². The number of carbonyl (C=O) groups is 2. The Kier molecular flexibility index (Phi) is 9.37. The maximum atomic E-state index is 12.9. The van der Waals surface area contributed by atoms with Crippen LogP contribution in [0.2, 0.25) is 0 Å². The van der Waals surface area contributed by atoms with Gasteiger partial charge in [0.05, 0.1) is 0 Å². The molecule has 1 unspecified atom stereocenters. The first-order valence-corrected chi connectivity index (χ1v) is 10.9. The summed E-state index contributed by atoms with van der Waals surface area (Å²) >= 11 is 0. The van der Waals surface area contributed by atoms with Crippen LogP contribution in [0.5, 0.6) is 0 Å². The van der Waals surface area contributed by atoms with Crippen LogP contribution < -0.4 is 5.32 Å². The quantitative estimate of drug-likeness (QED) is 0.481. The minimum absolute atomic E-state index is 0.00388. The van der Waals surface area contributed by atoms with Crippen molar-refractivity contribution < 1.29 is 9.59 Å². The highest BCUT2D eigenvalue weighted by atomic mass is 16.2. The predicted molar refractivity (Wildman–Crippen MR) is 111 cm³/mol. The van der Waals surface area contributed by atoms with Crippen molar-refractivity contribution in [2.45, 2.75) is 84.1 Å². The van der Waals surface area contributed by atoms with Gasteiger partial charge in [-0.25, -0.2) is 0 Å². The van der Waals surface area contributed by atoms with E-state index in [0.717, 1.165) is 31.2 Å². The number of carbonyl (C=O) groups excluding carboxylic acids is 2. The highest BCUT2D eigenvalue weighted by molar-refractivity contribution is 6.04. The summed E-state index contributed by atoms with van der Waals surface area (Å²) in [5, 5.41) is 3.07. The first-order valence-electron chi connectivity index (χ1n) is 10.9. The maximum absolute atomic E-state index is 12.9. The Hall–Kier alpha value is -1.84. The first kappa shape index (κ1) is 21.5. The van der Waals surface area contributed by atoms with Gasteiger partial charge in [0.2, 0.25) is 5.91 Å². The zero-order chi connectivity index (χ0) is 19.5. The Morgan fingerprint density at radius 2 is 1.56 bits per heavy atom. The number of hydrogen-bond donors (Lipinski definition) is 1. The summed E-state index contributed by atoms with van der Waals surface area (Å²) in [6.07, 6.45) is 11.6. The third kappa shape index (κ3) is 6.08. The van der Waals surface area contributed by atoms with E-state index < -0.39 is 6.04 Å². The van der Waals surface area contributed by atoms with Crippen LogP contribution in [0.1, 0.15) is 100 Å². The molecule has 4 nitrogen and oxygen atoms in total. The van der Waals surface area contributed by atoms with Crippen LogP contribution in [0, 0.1) is 0 Å². The Morgan fingerprint density at radius 1 is 0.926 bits per heavy atom. The molecule has 0 aliphatic carbocycles. The van der Waals surface area contributed by atoms with E-state index >= 15 is 0 Å². The van der Waals surface area contributed by atoms with E-state index in [1.807, 2.05) is 24.3 Å². The molecule has 1 aliphatic rings. The van der Waals surface area contributed by atoms with Crippen LogP contribution in [0.4, 0.5) is 0 Å². The second-order valence-corrected chi connectivity index (χ2v) is 7.61. The van der Waals surface area contributed by atoms with Gasteiger partial charge in [-0.1, -0.05) is 83.4 Å². The van der Waals surface area contributed by atoms with Crippen molar-refractivity contribution in [3.05, 3.63) is 35.4 Å². The average molecular weight is 373 g/mol. The fourth-order valence-corrected chi connectivity index (χ4v) is 3.81. The number of amides is 2. The molecular weight excluding hydrogens is 336 g/mol. The number of unbranched alkanes of at least 4 members (excludes halogenated alkanes) is 8. The summed E-state index contributed by atoms with van der Waals surface area (Å²) in [6.45, 7) is 5.75. The second-order valence-electron chi connectivity index (χ2n) is 7.61. The molecule has 0 saturated heterocycles. The van der Waals surface area contributed by atoms with E-state index in [4.69, 9.17) is 0 Å². The molecule has 1 atom stereocenters. The molecule has 0 radical (unpaired) electrons. The minimum Gasteiger partial charge on any atom is -0.354 e. The van der Waals surface area contributed by atoms with E-state index in [-0.39, 0.29) is 11.8 Å². The Morgan fingerprint density at radius 3 is 2.26 bits per heavy atom. The van der Waals surface area contributed by atoms with Crippen molar-refractivity contribution in [3.63, 3.8) is 0 Å². The van der Waals surface area contributed by atoms with Gasteiger partial charge in [-0.05, 0) is 24.5 Å². The van der Waals surface area contributed by atoms with Crippen LogP contribution in [-0.2, 0) is 4.79 Å². The minimum atomic E-state index is -0.462. The number of nitrogens with zero attached hydrogens (tertiary/aromatic N) is 1. The van der Waals surface area contributed by atoms with Gasteiger partial charge < -0.3 is 10.2 Å². The van der Waals surface area contributed by atoms with Gasteiger partial charge in [-0.3, -0.25) is 9.59 Å². The fourth-order valence-electron chi connectivity index (χ4n) is 3.81. The Balaban J connectivity index is 1.94. The molecule has 1 N–H and O–H groups in total. The van der Waals surface area contributed by atoms with E-state index in [1.165, 1.54) is 38.5 Å². The van der Waals surface area contributed by atoms with Gasteiger partial charge in [-0.2, -0.15) is 0 Å². The molecule has 1 aliphatic heterocycles. The highest BCUT2D eigenvalue weighted by Crippen LogP contribution is 2.34. The molecule has 0 spiro atoms. The lowest BCUT2D eigenvalue weighted by molar-refractivity contribution is -0.125. The summed E-state index contributed by atoms with van der Waals surface area (Å²) in [7, 11) is 0. The van der Waals surface area contributed by atoms with Gasteiger partial charge in [0.25, 0.3) is 5.91 Å². The molecular formula is C23H36N2O2. The number of fused-ring (bicyclic) bond motifs is 1. The molecule has 4 heteroatoms. The number of hydrogen-bond acceptors (Lipinski definition) is 2. The second kappa shape index (κ2) is 11.8.